The fourth-order valence-corrected chi connectivity index (χ4v) is 7.09. The number of nitrogens with zero attached hydrogens (tertiary/aromatic N) is 3. The first-order chi connectivity index (χ1) is 20.3. The molecular formula is C35H34N4O2S. The number of nitriles is 1. The zero-order valence-electron chi connectivity index (χ0n) is 24.2. The minimum atomic E-state index is -0.103. The lowest BCUT2D eigenvalue weighted by molar-refractivity contribution is 0.0947. The number of amides is 1. The number of hydrogen-bond donors (Lipinski definition) is 1. The molecule has 0 spiro atoms. The second kappa shape index (κ2) is 11.5. The van der Waals surface area contributed by atoms with Crippen LogP contribution in [0.2, 0.25) is 0 Å². The Kier molecular flexibility index (Phi) is 7.57. The van der Waals surface area contributed by atoms with Gasteiger partial charge in [0.15, 0.2) is 0 Å². The van der Waals surface area contributed by atoms with E-state index in [0.29, 0.717) is 30.1 Å². The Hall–Kier alpha value is -4.41. The van der Waals surface area contributed by atoms with Gasteiger partial charge in [-0.1, -0.05) is 51.1 Å². The average Bonchev–Trinajstić information content (AvgIpc) is 3.72. The van der Waals surface area contributed by atoms with Crippen molar-refractivity contribution >= 4 is 39.4 Å². The highest BCUT2D eigenvalue weighted by Gasteiger charge is 2.33. The molecular weight excluding hydrogens is 540 g/mol. The molecule has 1 atom stereocenters. The Labute approximate surface area is 250 Å². The maximum absolute atomic E-state index is 13.6. The number of benzene rings is 2. The number of carbonyl (C=O) groups is 1. The zero-order valence-corrected chi connectivity index (χ0v) is 25.0. The predicted octanol–water partition coefficient (Wildman–Crippen LogP) is 8.05. The lowest BCUT2D eigenvalue weighted by Crippen LogP contribution is -2.28. The van der Waals surface area contributed by atoms with Crippen molar-refractivity contribution < 1.29 is 9.21 Å². The second-order valence-electron chi connectivity index (χ2n) is 12.0. The van der Waals surface area contributed by atoms with Crippen molar-refractivity contribution in [3.63, 3.8) is 0 Å². The summed E-state index contributed by atoms with van der Waals surface area (Å²) in [4.78, 5) is 19.9. The predicted molar refractivity (Wildman–Crippen MR) is 169 cm³/mol. The number of rotatable bonds is 7. The highest BCUT2D eigenvalue weighted by molar-refractivity contribution is 7.16. The molecule has 7 heteroatoms. The number of hydrogen-bond acceptors (Lipinski definition) is 5. The van der Waals surface area contributed by atoms with E-state index in [2.05, 4.69) is 55.1 Å². The fourth-order valence-electron chi connectivity index (χ4n) is 5.82. The molecule has 0 radical (unpaired) electrons. The largest absolute Gasteiger partial charge is 0.467 e. The van der Waals surface area contributed by atoms with Crippen LogP contribution >= 0.6 is 11.3 Å². The smallest absolute Gasteiger partial charge is 0.255 e. The molecule has 212 valence electrons. The van der Waals surface area contributed by atoms with Crippen molar-refractivity contribution in [1.29, 1.82) is 5.26 Å². The molecule has 1 amide bonds. The third-order valence-corrected chi connectivity index (χ3v) is 9.44. The molecule has 0 aliphatic heterocycles. The van der Waals surface area contributed by atoms with Crippen molar-refractivity contribution in [2.45, 2.75) is 53.1 Å². The standard InChI is InChI=1S/C35H34N4O2S/c1-35(2,3)26-14-15-29-31(17-26)42-34(32(29)33(40)37-20-27-7-6-16-41-27)38-19-25-22-39(30-9-5-4-8-28(25)30)21-24-12-10-23(18-36)11-13-24/h4-13,16,19,22,26H,14-15,17,20-21H2,1-3H3,(H,37,40)/t26-/m1/s1. The van der Waals surface area contributed by atoms with Gasteiger partial charge in [-0.2, -0.15) is 5.26 Å². The molecule has 0 bridgehead atoms. The van der Waals surface area contributed by atoms with Crippen LogP contribution in [0.5, 0.6) is 0 Å². The number of nitrogens with one attached hydrogen (secondary N) is 1. The van der Waals surface area contributed by atoms with Gasteiger partial charge in [0.25, 0.3) is 5.91 Å². The number of aliphatic imine (C=N–C) groups is 1. The summed E-state index contributed by atoms with van der Waals surface area (Å²) in [5, 5.41) is 14.1. The zero-order chi connectivity index (χ0) is 29.3. The maximum atomic E-state index is 13.6. The monoisotopic (exact) mass is 574 g/mol. The molecule has 5 aromatic rings. The summed E-state index contributed by atoms with van der Waals surface area (Å²) in [5.41, 5.74) is 5.94. The van der Waals surface area contributed by atoms with E-state index >= 15 is 0 Å². The van der Waals surface area contributed by atoms with Crippen molar-refractivity contribution in [2.24, 2.45) is 16.3 Å². The van der Waals surface area contributed by atoms with Gasteiger partial charge >= 0.3 is 0 Å². The Morgan fingerprint density at radius 3 is 2.71 bits per heavy atom. The lowest BCUT2D eigenvalue weighted by atomic mass is 9.72. The van der Waals surface area contributed by atoms with E-state index in [4.69, 9.17) is 14.7 Å². The molecule has 3 aromatic heterocycles. The molecule has 6 nitrogen and oxygen atoms in total. The van der Waals surface area contributed by atoms with Gasteiger partial charge in [-0.25, -0.2) is 4.99 Å². The van der Waals surface area contributed by atoms with Crippen LogP contribution in [0.4, 0.5) is 5.00 Å². The number of aromatic nitrogens is 1. The summed E-state index contributed by atoms with van der Waals surface area (Å²) in [6.45, 7) is 7.94. The van der Waals surface area contributed by atoms with Crippen LogP contribution in [0.25, 0.3) is 10.9 Å². The number of carbonyl (C=O) groups excluding carboxylic acids is 1. The van der Waals surface area contributed by atoms with Crippen LogP contribution < -0.4 is 5.32 Å². The summed E-state index contributed by atoms with van der Waals surface area (Å²) >= 11 is 1.66. The number of thiophene rings is 1. The van der Waals surface area contributed by atoms with Gasteiger partial charge in [-0.3, -0.25) is 4.79 Å². The molecule has 0 saturated heterocycles. The summed E-state index contributed by atoms with van der Waals surface area (Å²) in [5.74, 6) is 1.19. The molecule has 42 heavy (non-hydrogen) atoms. The Bertz CT molecular complexity index is 1790. The molecule has 1 aliphatic rings. The second-order valence-corrected chi connectivity index (χ2v) is 13.1. The van der Waals surface area contributed by atoms with Crippen LogP contribution in [0.1, 0.15) is 70.4 Å². The average molecular weight is 575 g/mol. The topological polar surface area (TPSA) is 83.3 Å². The summed E-state index contributed by atoms with van der Waals surface area (Å²) < 4.78 is 7.65. The maximum Gasteiger partial charge on any atom is 0.255 e. The van der Waals surface area contributed by atoms with E-state index in [9.17, 15) is 4.79 Å². The van der Waals surface area contributed by atoms with Gasteiger partial charge in [0.2, 0.25) is 0 Å². The fraction of sp³-hybridized carbons (Fsp3) is 0.286. The summed E-state index contributed by atoms with van der Waals surface area (Å²) in [7, 11) is 0. The number of para-hydroxylation sites is 1. The van der Waals surface area contributed by atoms with E-state index < -0.39 is 0 Å². The normalized spacial score (nSPS) is 15.1. The van der Waals surface area contributed by atoms with Gasteiger partial charge in [0.1, 0.15) is 10.8 Å². The molecule has 3 heterocycles. The van der Waals surface area contributed by atoms with Crippen LogP contribution in [0, 0.1) is 22.7 Å². The molecule has 1 aliphatic carbocycles. The van der Waals surface area contributed by atoms with Crippen LogP contribution in [0.15, 0.2) is 82.5 Å². The van der Waals surface area contributed by atoms with Gasteiger partial charge in [-0.05, 0) is 72.1 Å². The number of furan rings is 1. The number of fused-ring (bicyclic) bond motifs is 2. The quantitative estimate of drug-likeness (QED) is 0.200. The van der Waals surface area contributed by atoms with E-state index in [-0.39, 0.29) is 11.3 Å². The first-order valence-corrected chi connectivity index (χ1v) is 15.2. The van der Waals surface area contributed by atoms with E-state index in [1.54, 1.807) is 17.6 Å². The van der Waals surface area contributed by atoms with E-state index in [0.717, 1.165) is 57.6 Å². The minimum absolute atomic E-state index is 0.103. The van der Waals surface area contributed by atoms with Gasteiger partial charge in [-0.15, -0.1) is 11.3 Å². The summed E-state index contributed by atoms with van der Waals surface area (Å²) in [6, 6.07) is 21.9. The van der Waals surface area contributed by atoms with Crippen molar-refractivity contribution in [3.05, 3.63) is 112 Å². The van der Waals surface area contributed by atoms with Crippen LogP contribution in [-0.2, 0) is 25.9 Å². The molecule has 0 fully saturated rings. The minimum Gasteiger partial charge on any atom is -0.467 e. The van der Waals surface area contributed by atoms with Crippen molar-refractivity contribution in [2.75, 3.05) is 0 Å². The third-order valence-electron chi connectivity index (χ3n) is 8.28. The van der Waals surface area contributed by atoms with Crippen LogP contribution in [-0.4, -0.2) is 16.7 Å². The van der Waals surface area contributed by atoms with Crippen LogP contribution in [0.3, 0.4) is 0 Å². The Morgan fingerprint density at radius 1 is 1.17 bits per heavy atom. The van der Waals surface area contributed by atoms with E-state index in [1.807, 2.05) is 54.7 Å². The first kappa shape index (κ1) is 27.7. The van der Waals surface area contributed by atoms with Crippen molar-refractivity contribution in [3.8, 4) is 6.07 Å². The molecule has 0 unspecified atom stereocenters. The molecule has 6 rings (SSSR count). The highest BCUT2D eigenvalue weighted by atomic mass is 32.1. The van der Waals surface area contributed by atoms with E-state index in [1.165, 1.54) is 4.88 Å². The van der Waals surface area contributed by atoms with Gasteiger partial charge in [0, 0.05) is 40.3 Å². The SMILES string of the molecule is CC(C)(C)[C@@H]1CCc2c(sc(N=Cc3cn(Cc4ccc(C#N)cc4)c4ccccc34)c2C(=O)NCc2ccco2)C1. The summed E-state index contributed by atoms with van der Waals surface area (Å²) in [6.07, 6.45) is 8.56. The molecule has 1 N–H and O–H groups in total. The highest BCUT2D eigenvalue weighted by Crippen LogP contribution is 2.45. The first-order valence-electron chi connectivity index (χ1n) is 14.4. The third kappa shape index (κ3) is 5.68. The van der Waals surface area contributed by atoms with Gasteiger partial charge in [0.05, 0.1) is 30.0 Å². The van der Waals surface area contributed by atoms with Crippen molar-refractivity contribution in [1.82, 2.24) is 9.88 Å². The molecule has 2 aromatic carbocycles. The Morgan fingerprint density at radius 2 is 1.98 bits per heavy atom. The lowest BCUT2D eigenvalue weighted by Gasteiger charge is -2.33. The molecule has 0 saturated carbocycles. The Balaban J connectivity index is 1.34. The van der Waals surface area contributed by atoms with Gasteiger partial charge < -0.3 is 14.3 Å².